The minimum atomic E-state index is -0.483. The summed E-state index contributed by atoms with van der Waals surface area (Å²) in [6.07, 6.45) is 1.67. The van der Waals surface area contributed by atoms with E-state index < -0.39 is 5.97 Å². The first-order valence-corrected chi connectivity index (χ1v) is 10.6. The molecule has 0 fully saturated rings. The number of aromatic nitrogens is 3. The summed E-state index contributed by atoms with van der Waals surface area (Å²) in [5, 5.41) is 2.69. The first-order chi connectivity index (χ1) is 15.1. The van der Waals surface area contributed by atoms with Gasteiger partial charge in [0.15, 0.2) is 0 Å². The van der Waals surface area contributed by atoms with Crippen LogP contribution in [-0.4, -0.2) is 20.3 Å². The fourth-order valence-corrected chi connectivity index (χ4v) is 4.18. The van der Waals surface area contributed by atoms with Gasteiger partial charge in [0.1, 0.15) is 12.3 Å². The Morgan fingerprint density at radius 1 is 1.06 bits per heavy atom. The van der Waals surface area contributed by atoms with Gasteiger partial charge in [-0.2, -0.15) is 0 Å². The summed E-state index contributed by atoms with van der Waals surface area (Å²) in [6.45, 7) is 1.79. The first-order valence-electron chi connectivity index (χ1n) is 9.69. The molecule has 0 radical (unpaired) electrons. The van der Waals surface area contributed by atoms with E-state index in [9.17, 15) is 9.59 Å². The number of esters is 1. The number of fused-ring (bicyclic) bond motifs is 2. The Morgan fingerprint density at radius 3 is 2.77 bits per heavy atom. The molecule has 0 spiro atoms. The maximum atomic E-state index is 13.0. The molecule has 0 bridgehead atoms. The van der Waals surface area contributed by atoms with Crippen molar-refractivity contribution < 1.29 is 9.53 Å². The summed E-state index contributed by atoms with van der Waals surface area (Å²) in [4.78, 5) is 35.6. The molecule has 0 N–H and O–H groups in total. The Morgan fingerprint density at radius 2 is 1.94 bits per heavy atom. The maximum absolute atomic E-state index is 13.0. The molecule has 31 heavy (non-hydrogen) atoms. The molecule has 5 rings (SSSR count). The summed E-state index contributed by atoms with van der Waals surface area (Å²) < 4.78 is 7.04. The third-order valence-electron chi connectivity index (χ3n) is 5.00. The van der Waals surface area contributed by atoms with Crippen LogP contribution in [0.25, 0.3) is 27.1 Å². The molecule has 4 aromatic heterocycles. The molecule has 0 saturated carbocycles. The van der Waals surface area contributed by atoms with E-state index in [0.717, 1.165) is 27.0 Å². The van der Waals surface area contributed by atoms with Crippen molar-refractivity contribution in [2.45, 2.75) is 13.5 Å². The van der Waals surface area contributed by atoms with Gasteiger partial charge in [0.25, 0.3) is 5.56 Å². The standard InChI is InChI=1S/C24H17N3O3S/c1-15-6-4-10-27-22(28)12-16(25-23(15)27)14-30-24(29)18-13-20(21-9-5-11-31-21)26-19-8-3-2-7-17(18)19/h2-13H,14H2,1H3. The van der Waals surface area contributed by atoms with Gasteiger partial charge < -0.3 is 4.74 Å². The molecule has 0 aliphatic carbocycles. The number of carbonyl (C=O) groups is 1. The molecule has 4 heterocycles. The SMILES string of the molecule is Cc1cccn2c(=O)cc(COC(=O)c3cc(-c4cccs4)nc4ccccc34)nc12. The van der Waals surface area contributed by atoms with Crippen LogP contribution < -0.4 is 5.56 Å². The van der Waals surface area contributed by atoms with Gasteiger partial charge in [-0.1, -0.05) is 30.3 Å². The molecule has 152 valence electrons. The van der Waals surface area contributed by atoms with Gasteiger partial charge in [0.05, 0.1) is 27.3 Å². The van der Waals surface area contributed by atoms with Crippen LogP contribution in [0.15, 0.2) is 77.0 Å². The van der Waals surface area contributed by atoms with E-state index in [4.69, 9.17) is 4.74 Å². The highest BCUT2D eigenvalue weighted by molar-refractivity contribution is 7.13. The number of ether oxygens (including phenoxy) is 1. The quantitative estimate of drug-likeness (QED) is 0.391. The summed E-state index contributed by atoms with van der Waals surface area (Å²) in [5.74, 6) is -0.483. The molecule has 0 saturated heterocycles. The highest BCUT2D eigenvalue weighted by Gasteiger charge is 2.16. The molecule has 7 heteroatoms. The van der Waals surface area contributed by atoms with Gasteiger partial charge in [-0.25, -0.2) is 14.8 Å². The Kier molecular flexibility index (Phi) is 4.80. The molecule has 5 aromatic rings. The van der Waals surface area contributed by atoms with Crippen LogP contribution in [0, 0.1) is 6.92 Å². The summed E-state index contributed by atoms with van der Waals surface area (Å²) >= 11 is 1.56. The van der Waals surface area contributed by atoms with E-state index in [-0.39, 0.29) is 12.2 Å². The zero-order valence-corrected chi connectivity index (χ0v) is 17.4. The number of para-hydroxylation sites is 1. The third-order valence-corrected chi connectivity index (χ3v) is 5.89. The van der Waals surface area contributed by atoms with Crippen LogP contribution in [0.4, 0.5) is 0 Å². The first kappa shape index (κ1) is 19.1. The van der Waals surface area contributed by atoms with Gasteiger partial charge in [-0.05, 0) is 42.1 Å². The Hall–Kier alpha value is -3.84. The Bertz CT molecular complexity index is 1490. The second kappa shape index (κ2) is 7.77. The zero-order chi connectivity index (χ0) is 21.4. The molecule has 6 nitrogen and oxygen atoms in total. The minimum Gasteiger partial charge on any atom is -0.456 e. The van der Waals surface area contributed by atoms with E-state index in [0.29, 0.717) is 16.9 Å². The van der Waals surface area contributed by atoms with Crippen molar-refractivity contribution in [3.05, 3.63) is 99.4 Å². The molecule has 0 amide bonds. The van der Waals surface area contributed by atoms with Gasteiger partial charge in [-0.15, -0.1) is 11.3 Å². The normalized spacial score (nSPS) is 11.1. The molecule has 0 aliphatic rings. The van der Waals surface area contributed by atoms with Crippen LogP contribution in [0.1, 0.15) is 21.6 Å². The van der Waals surface area contributed by atoms with E-state index in [1.165, 1.54) is 10.5 Å². The number of rotatable bonds is 4. The number of benzene rings is 1. The number of hydrogen-bond acceptors (Lipinski definition) is 6. The maximum Gasteiger partial charge on any atom is 0.339 e. The smallest absolute Gasteiger partial charge is 0.339 e. The monoisotopic (exact) mass is 427 g/mol. The summed E-state index contributed by atoms with van der Waals surface area (Å²) in [6, 6.07) is 18.2. The molecule has 0 unspecified atom stereocenters. The molecular weight excluding hydrogens is 410 g/mol. The minimum absolute atomic E-state index is 0.0934. The largest absolute Gasteiger partial charge is 0.456 e. The van der Waals surface area contributed by atoms with Crippen LogP contribution in [-0.2, 0) is 11.3 Å². The second-order valence-corrected chi connectivity index (χ2v) is 8.04. The predicted octanol–water partition coefficient (Wildman–Crippen LogP) is 4.64. The molecule has 0 atom stereocenters. The van der Waals surface area contributed by atoms with E-state index in [2.05, 4.69) is 9.97 Å². The van der Waals surface area contributed by atoms with E-state index in [1.54, 1.807) is 29.7 Å². The average Bonchev–Trinajstić information content (AvgIpc) is 3.32. The summed E-state index contributed by atoms with van der Waals surface area (Å²) in [5.41, 5.74) is 3.49. The van der Waals surface area contributed by atoms with Crippen molar-refractivity contribution in [3.8, 4) is 10.6 Å². The highest BCUT2D eigenvalue weighted by atomic mass is 32.1. The van der Waals surface area contributed by atoms with Crippen molar-refractivity contribution in [2.75, 3.05) is 0 Å². The highest BCUT2D eigenvalue weighted by Crippen LogP contribution is 2.28. The van der Waals surface area contributed by atoms with E-state index in [1.807, 2.05) is 54.8 Å². The number of nitrogens with zero attached hydrogens (tertiary/aromatic N) is 3. The fourth-order valence-electron chi connectivity index (χ4n) is 3.49. The number of aryl methyl sites for hydroxylation is 1. The average molecular weight is 427 g/mol. The lowest BCUT2D eigenvalue weighted by atomic mass is 10.1. The van der Waals surface area contributed by atoms with Gasteiger partial charge in [0.2, 0.25) is 0 Å². The Labute approximate surface area is 181 Å². The lowest BCUT2D eigenvalue weighted by Crippen LogP contribution is -2.17. The van der Waals surface area contributed by atoms with Crippen molar-refractivity contribution in [3.63, 3.8) is 0 Å². The second-order valence-electron chi connectivity index (χ2n) is 7.10. The van der Waals surface area contributed by atoms with Crippen LogP contribution in [0.3, 0.4) is 0 Å². The molecule has 1 aromatic carbocycles. The van der Waals surface area contributed by atoms with Crippen molar-refractivity contribution in [1.29, 1.82) is 0 Å². The van der Waals surface area contributed by atoms with Gasteiger partial charge >= 0.3 is 5.97 Å². The van der Waals surface area contributed by atoms with Crippen LogP contribution >= 0.6 is 11.3 Å². The lowest BCUT2D eigenvalue weighted by Gasteiger charge is -2.10. The number of hydrogen-bond donors (Lipinski definition) is 0. The topological polar surface area (TPSA) is 73.6 Å². The van der Waals surface area contributed by atoms with Crippen molar-refractivity contribution in [2.24, 2.45) is 0 Å². The molecular formula is C24H17N3O3S. The third kappa shape index (κ3) is 3.60. The number of carbonyl (C=O) groups excluding carboxylic acids is 1. The summed E-state index contributed by atoms with van der Waals surface area (Å²) in [7, 11) is 0. The van der Waals surface area contributed by atoms with Crippen LogP contribution in [0.2, 0.25) is 0 Å². The fraction of sp³-hybridized carbons (Fsp3) is 0.0833. The van der Waals surface area contributed by atoms with Crippen molar-refractivity contribution >= 4 is 33.9 Å². The zero-order valence-electron chi connectivity index (χ0n) is 16.6. The Balaban J connectivity index is 1.49. The van der Waals surface area contributed by atoms with Gasteiger partial charge in [0, 0.05) is 17.6 Å². The number of pyridine rings is 2. The number of thiophene rings is 1. The van der Waals surface area contributed by atoms with E-state index >= 15 is 0 Å². The predicted molar refractivity (Wildman–Crippen MR) is 120 cm³/mol. The van der Waals surface area contributed by atoms with Crippen molar-refractivity contribution in [1.82, 2.24) is 14.4 Å². The van der Waals surface area contributed by atoms with Gasteiger partial charge in [-0.3, -0.25) is 9.20 Å². The molecule has 0 aliphatic heterocycles. The van der Waals surface area contributed by atoms with Crippen LogP contribution in [0.5, 0.6) is 0 Å². The lowest BCUT2D eigenvalue weighted by molar-refractivity contribution is 0.0470.